The maximum atomic E-state index is 12.3. The molecule has 4 nitrogen and oxygen atoms in total. The smallest absolute Gasteiger partial charge is 0.508 e. The normalized spacial score (nSPS) is 16.0. The zero-order valence-corrected chi connectivity index (χ0v) is 15.9. The molecule has 0 aromatic heterocycles. The second kappa shape index (κ2) is 10.0. The van der Waals surface area contributed by atoms with E-state index < -0.39 is 6.36 Å². The van der Waals surface area contributed by atoms with Gasteiger partial charge in [0.05, 0.1) is 6.04 Å². The Kier molecular flexibility index (Phi) is 8.68. The average molecular weight is 425 g/mol. The molecule has 2 aromatic rings. The standard InChI is InChI=1S/C18H19F3N2O2.2ClH/c19-18(20,21)25-16-7-3-14(4-8-16)17(23-11-9-22-10-12-23)13-1-5-15(24)6-2-13;;/h1-8,17,22,24H,9-12H2;2*1H/t17-;;/m0../s1. The molecule has 1 aliphatic rings. The number of benzene rings is 2. The number of nitrogens with zero attached hydrogens (tertiary/aromatic N) is 1. The van der Waals surface area contributed by atoms with Crippen LogP contribution in [0.5, 0.6) is 11.5 Å². The highest BCUT2D eigenvalue weighted by Crippen LogP contribution is 2.32. The molecule has 1 saturated heterocycles. The van der Waals surface area contributed by atoms with Crippen molar-refractivity contribution in [1.82, 2.24) is 10.2 Å². The first-order valence-corrected chi connectivity index (χ1v) is 8.02. The maximum Gasteiger partial charge on any atom is 0.573 e. The Bertz CT molecular complexity index is 691. The van der Waals surface area contributed by atoms with Gasteiger partial charge in [0, 0.05) is 26.2 Å². The van der Waals surface area contributed by atoms with E-state index in [2.05, 4.69) is 15.0 Å². The molecule has 1 fully saturated rings. The Morgan fingerprint density at radius 3 is 1.85 bits per heavy atom. The fraction of sp³-hybridized carbons (Fsp3) is 0.333. The minimum absolute atomic E-state index is 0. The van der Waals surface area contributed by atoms with Crippen LogP contribution in [0, 0.1) is 0 Å². The van der Waals surface area contributed by atoms with Crippen LogP contribution in [0.1, 0.15) is 17.2 Å². The van der Waals surface area contributed by atoms with Crippen LogP contribution >= 0.6 is 24.8 Å². The summed E-state index contributed by atoms with van der Waals surface area (Å²) in [6.45, 7) is 3.35. The van der Waals surface area contributed by atoms with Gasteiger partial charge in [0.1, 0.15) is 11.5 Å². The van der Waals surface area contributed by atoms with E-state index >= 15 is 0 Å². The van der Waals surface area contributed by atoms with Gasteiger partial charge in [0.15, 0.2) is 0 Å². The molecule has 0 saturated carbocycles. The summed E-state index contributed by atoms with van der Waals surface area (Å²) >= 11 is 0. The summed E-state index contributed by atoms with van der Waals surface area (Å²) in [4.78, 5) is 2.27. The van der Waals surface area contributed by atoms with E-state index in [0.717, 1.165) is 37.3 Å². The molecule has 1 heterocycles. The van der Waals surface area contributed by atoms with Crippen LogP contribution in [0.3, 0.4) is 0 Å². The molecule has 3 rings (SSSR count). The first kappa shape index (κ1) is 23.4. The third-order valence-electron chi connectivity index (χ3n) is 4.15. The SMILES string of the molecule is Cl.Cl.Oc1ccc([C@@H](c2ccc(OC(F)(F)F)cc2)N2CCNCC2)cc1. The number of aromatic hydroxyl groups is 1. The number of rotatable bonds is 4. The third-order valence-corrected chi connectivity index (χ3v) is 4.15. The van der Waals surface area contributed by atoms with Crippen LogP contribution in [-0.4, -0.2) is 42.5 Å². The molecule has 0 aliphatic carbocycles. The highest BCUT2D eigenvalue weighted by atomic mass is 35.5. The molecule has 0 spiro atoms. The topological polar surface area (TPSA) is 44.7 Å². The highest BCUT2D eigenvalue weighted by molar-refractivity contribution is 5.85. The van der Waals surface area contributed by atoms with E-state index in [1.54, 1.807) is 24.3 Å². The van der Waals surface area contributed by atoms with Gasteiger partial charge in [0.2, 0.25) is 0 Å². The van der Waals surface area contributed by atoms with E-state index in [-0.39, 0.29) is 42.4 Å². The lowest BCUT2D eigenvalue weighted by molar-refractivity contribution is -0.274. The van der Waals surface area contributed by atoms with Crippen molar-refractivity contribution in [1.29, 1.82) is 0 Å². The number of halogens is 5. The molecule has 2 aromatic carbocycles. The summed E-state index contributed by atoms with van der Waals surface area (Å²) in [6.07, 6.45) is -4.70. The third kappa shape index (κ3) is 6.46. The lowest BCUT2D eigenvalue weighted by Crippen LogP contribution is -2.45. The Labute approximate surface area is 168 Å². The van der Waals surface area contributed by atoms with Crippen LogP contribution in [-0.2, 0) is 0 Å². The Hall–Kier alpha value is -1.67. The number of piperazine rings is 1. The number of nitrogens with one attached hydrogen (secondary N) is 1. The Morgan fingerprint density at radius 1 is 0.889 bits per heavy atom. The first-order valence-electron chi connectivity index (χ1n) is 8.02. The maximum absolute atomic E-state index is 12.3. The van der Waals surface area contributed by atoms with Gasteiger partial charge in [-0.15, -0.1) is 38.0 Å². The Morgan fingerprint density at radius 2 is 1.37 bits per heavy atom. The van der Waals surface area contributed by atoms with E-state index in [4.69, 9.17) is 0 Å². The van der Waals surface area contributed by atoms with Gasteiger partial charge in [-0.3, -0.25) is 4.90 Å². The van der Waals surface area contributed by atoms with Gasteiger partial charge in [-0.05, 0) is 35.4 Å². The minimum Gasteiger partial charge on any atom is -0.508 e. The number of phenols is 1. The van der Waals surface area contributed by atoms with Crippen molar-refractivity contribution >= 4 is 24.8 Å². The fourth-order valence-corrected chi connectivity index (χ4v) is 3.06. The van der Waals surface area contributed by atoms with Gasteiger partial charge in [-0.25, -0.2) is 0 Å². The largest absolute Gasteiger partial charge is 0.573 e. The second-order valence-corrected chi connectivity index (χ2v) is 5.90. The van der Waals surface area contributed by atoms with Crippen LogP contribution in [0.4, 0.5) is 13.2 Å². The van der Waals surface area contributed by atoms with Gasteiger partial charge in [-0.1, -0.05) is 24.3 Å². The number of ether oxygens (including phenoxy) is 1. The highest BCUT2D eigenvalue weighted by Gasteiger charge is 2.31. The molecule has 9 heteroatoms. The zero-order chi connectivity index (χ0) is 17.9. The minimum atomic E-state index is -4.70. The summed E-state index contributed by atoms with van der Waals surface area (Å²) in [5.41, 5.74) is 1.85. The number of hydrogen-bond acceptors (Lipinski definition) is 4. The van der Waals surface area contributed by atoms with Gasteiger partial charge >= 0.3 is 6.36 Å². The summed E-state index contributed by atoms with van der Waals surface area (Å²) in [5, 5.41) is 12.8. The molecule has 0 unspecified atom stereocenters. The molecular formula is C18H21Cl2F3N2O2. The number of hydrogen-bond donors (Lipinski definition) is 2. The van der Waals surface area contributed by atoms with Crippen LogP contribution in [0.2, 0.25) is 0 Å². The van der Waals surface area contributed by atoms with Crippen molar-refractivity contribution < 1.29 is 23.0 Å². The monoisotopic (exact) mass is 424 g/mol. The van der Waals surface area contributed by atoms with E-state index in [1.807, 2.05) is 12.1 Å². The molecule has 0 amide bonds. The zero-order valence-electron chi connectivity index (χ0n) is 14.3. The van der Waals surface area contributed by atoms with Crippen LogP contribution in [0.25, 0.3) is 0 Å². The second-order valence-electron chi connectivity index (χ2n) is 5.90. The van der Waals surface area contributed by atoms with Crippen molar-refractivity contribution in [3.05, 3.63) is 59.7 Å². The van der Waals surface area contributed by atoms with Crippen molar-refractivity contribution in [2.75, 3.05) is 26.2 Å². The molecule has 0 bridgehead atoms. The fourth-order valence-electron chi connectivity index (χ4n) is 3.06. The predicted octanol–water partition coefficient (Wildman–Crippen LogP) is 4.13. The molecule has 1 atom stereocenters. The number of phenolic OH excluding ortho intramolecular Hbond substituents is 1. The van der Waals surface area contributed by atoms with E-state index in [1.165, 1.54) is 12.1 Å². The molecule has 27 heavy (non-hydrogen) atoms. The molecule has 2 N–H and O–H groups in total. The average Bonchev–Trinajstić information content (AvgIpc) is 2.58. The van der Waals surface area contributed by atoms with Gasteiger partial charge < -0.3 is 15.2 Å². The van der Waals surface area contributed by atoms with Crippen LogP contribution < -0.4 is 10.1 Å². The quantitative estimate of drug-likeness (QED) is 0.774. The Balaban J connectivity index is 0.00000182. The molecule has 1 aliphatic heterocycles. The van der Waals surface area contributed by atoms with Crippen LogP contribution in [0.15, 0.2) is 48.5 Å². The van der Waals surface area contributed by atoms with E-state index in [0.29, 0.717) is 0 Å². The molecular weight excluding hydrogens is 404 g/mol. The van der Waals surface area contributed by atoms with Crippen molar-refractivity contribution in [3.8, 4) is 11.5 Å². The van der Waals surface area contributed by atoms with Crippen molar-refractivity contribution in [3.63, 3.8) is 0 Å². The summed E-state index contributed by atoms with van der Waals surface area (Å²) in [5.74, 6) is -0.0576. The molecule has 150 valence electrons. The van der Waals surface area contributed by atoms with Gasteiger partial charge in [0.25, 0.3) is 0 Å². The summed E-state index contributed by atoms with van der Waals surface area (Å²) in [6, 6.07) is 12.8. The van der Waals surface area contributed by atoms with Gasteiger partial charge in [-0.2, -0.15) is 0 Å². The predicted molar refractivity (Wildman–Crippen MR) is 102 cm³/mol. The molecule has 0 radical (unpaired) electrons. The van der Waals surface area contributed by atoms with Crippen molar-refractivity contribution in [2.45, 2.75) is 12.4 Å². The lowest BCUT2D eigenvalue weighted by atomic mass is 9.96. The summed E-state index contributed by atoms with van der Waals surface area (Å²) in [7, 11) is 0. The van der Waals surface area contributed by atoms with E-state index in [9.17, 15) is 18.3 Å². The van der Waals surface area contributed by atoms with Crippen molar-refractivity contribution in [2.24, 2.45) is 0 Å². The summed E-state index contributed by atoms with van der Waals surface area (Å²) < 4.78 is 40.9. The number of alkyl halides is 3. The lowest BCUT2D eigenvalue weighted by Gasteiger charge is -2.35. The first-order chi connectivity index (χ1) is 11.9.